The first-order chi connectivity index (χ1) is 18.6. The monoisotopic (exact) mass is 552 g/mol. The van der Waals surface area contributed by atoms with Gasteiger partial charge in [0.25, 0.3) is 15.9 Å². The van der Waals surface area contributed by atoms with E-state index in [2.05, 4.69) is 15.6 Å². The maximum Gasteiger partial charge on any atom is 0.266 e. The highest BCUT2D eigenvalue weighted by atomic mass is 32.2. The minimum Gasteiger partial charge on any atom is -0.508 e. The van der Waals surface area contributed by atoms with Crippen LogP contribution in [0.2, 0.25) is 0 Å². The molecule has 1 aliphatic heterocycles. The van der Waals surface area contributed by atoms with Gasteiger partial charge in [-0.3, -0.25) is 19.4 Å². The largest absolute Gasteiger partial charge is 0.508 e. The minimum atomic E-state index is -4.50. The predicted octanol–water partition coefficient (Wildman–Crippen LogP) is 1.54. The zero-order valence-corrected chi connectivity index (χ0v) is 22.2. The zero-order valence-electron chi connectivity index (χ0n) is 21.4. The number of aromatic nitrogens is 1. The number of rotatable bonds is 8. The number of ether oxygens (including phenoxy) is 1. The molecular formula is C27H28N4O7S. The Labute approximate surface area is 225 Å². The second-order valence-electron chi connectivity index (χ2n) is 9.07. The van der Waals surface area contributed by atoms with Crippen molar-refractivity contribution in [2.24, 2.45) is 5.92 Å². The first-order valence-corrected chi connectivity index (χ1v) is 13.5. The number of pyridine rings is 1. The van der Waals surface area contributed by atoms with Gasteiger partial charge in [-0.2, -0.15) is 0 Å². The minimum absolute atomic E-state index is 0.0125. The molecule has 1 fully saturated rings. The maximum atomic E-state index is 13.7. The highest BCUT2D eigenvalue weighted by Crippen LogP contribution is 2.28. The van der Waals surface area contributed by atoms with Gasteiger partial charge in [0.05, 0.1) is 17.9 Å². The Balaban J connectivity index is 1.61. The average Bonchev–Trinajstić information content (AvgIpc) is 3.06. The van der Waals surface area contributed by atoms with Crippen molar-refractivity contribution in [3.8, 4) is 11.5 Å². The Kier molecular flexibility index (Phi) is 8.15. The van der Waals surface area contributed by atoms with Crippen LogP contribution in [0, 0.1) is 12.8 Å². The van der Waals surface area contributed by atoms with Gasteiger partial charge in [0, 0.05) is 31.0 Å². The zero-order chi connectivity index (χ0) is 28.2. The SMILES string of the molecule is COc1ccc(O)cc1CC1CNC(=O)CN(S(=O)(=O)c2ccc(C)c(C(=O)NCc3cccnc3)c2)C1=O. The van der Waals surface area contributed by atoms with E-state index in [9.17, 15) is 27.9 Å². The lowest BCUT2D eigenvalue weighted by molar-refractivity contribution is -0.131. The topological polar surface area (TPSA) is 155 Å². The van der Waals surface area contributed by atoms with Gasteiger partial charge in [-0.05, 0) is 66.4 Å². The highest BCUT2D eigenvalue weighted by Gasteiger charge is 2.38. The van der Waals surface area contributed by atoms with Crippen LogP contribution in [0.25, 0.3) is 0 Å². The second-order valence-corrected chi connectivity index (χ2v) is 10.9. The third kappa shape index (κ3) is 6.17. The molecule has 3 N–H and O–H groups in total. The van der Waals surface area contributed by atoms with Crippen molar-refractivity contribution < 1.29 is 32.6 Å². The van der Waals surface area contributed by atoms with Crippen molar-refractivity contribution in [3.05, 3.63) is 83.2 Å². The van der Waals surface area contributed by atoms with Crippen LogP contribution in [0.4, 0.5) is 0 Å². The van der Waals surface area contributed by atoms with Gasteiger partial charge in [-0.15, -0.1) is 0 Å². The Morgan fingerprint density at radius 2 is 2.00 bits per heavy atom. The molecule has 1 saturated heterocycles. The molecule has 12 heteroatoms. The summed E-state index contributed by atoms with van der Waals surface area (Å²) in [5, 5.41) is 15.2. The van der Waals surface area contributed by atoms with Crippen LogP contribution < -0.4 is 15.4 Å². The smallest absolute Gasteiger partial charge is 0.266 e. The molecule has 2 heterocycles. The summed E-state index contributed by atoms with van der Waals surface area (Å²) < 4.78 is 33.2. The number of phenols is 1. The van der Waals surface area contributed by atoms with E-state index >= 15 is 0 Å². The van der Waals surface area contributed by atoms with Gasteiger partial charge in [0.1, 0.15) is 18.0 Å². The average molecular weight is 553 g/mol. The number of benzene rings is 2. The molecule has 204 valence electrons. The lowest BCUT2D eigenvalue weighted by Gasteiger charge is -2.24. The van der Waals surface area contributed by atoms with Crippen LogP contribution >= 0.6 is 0 Å². The van der Waals surface area contributed by atoms with Crippen LogP contribution in [0.1, 0.15) is 27.0 Å². The quantitative estimate of drug-likeness (QED) is 0.380. The molecule has 1 unspecified atom stereocenters. The first-order valence-electron chi connectivity index (χ1n) is 12.1. The van der Waals surface area contributed by atoms with Crippen molar-refractivity contribution in [2.75, 3.05) is 20.2 Å². The van der Waals surface area contributed by atoms with Gasteiger partial charge in [0.15, 0.2) is 0 Å². The molecule has 0 radical (unpaired) electrons. The van der Waals surface area contributed by atoms with Gasteiger partial charge in [-0.1, -0.05) is 12.1 Å². The molecule has 11 nitrogen and oxygen atoms in total. The van der Waals surface area contributed by atoms with Crippen molar-refractivity contribution in [1.29, 1.82) is 0 Å². The summed E-state index contributed by atoms with van der Waals surface area (Å²) >= 11 is 0. The molecule has 3 aromatic rings. The van der Waals surface area contributed by atoms with E-state index in [0.717, 1.165) is 5.56 Å². The van der Waals surface area contributed by atoms with Crippen molar-refractivity contribution in [3.63, 3.8) is 0 Å². The molecule has 1 aromatic heterocycles. The van der Waals surface area contributed by atoms with Crippen molar-refractivity contribution in [2.45, 2.75) is 24.8 Å². The van der Waals surface area contributed by atoms with Gasteiger partial charge in [0.2, 0.25) is 11.8 Å². The molecular weight excluding hydrogens is 524 g/mol. The van der Waals surface area contributed by atoms with Crippen molar-refractivity contribution >= 4 is 27.7 Å². The summed E-state index contributed by atoms with van der Waals surface area (Å²) in [5.74, 6) is -2.52. The van der Waals surface area contributed by atoms with Crippen molar-refractivity contribution in [1.82, 2.24) is 19.9 Å². The number of aryl methyl sites for hydroxylation is 1. The molecule has 0 spiro atoms. The Morgan fingerprint density at radius 3 is 2.72 bits per heavy atom. The number of amides is 3. The molecule has 1 aliphatic rings. The number of carbonyl (C=O) groups excluding carboxylic acids is 3. The molecule has 3 amide bonds. The Bertz CT molecular complexity index is 1510. The number of methoxy groups -OCH3 is 1. The van der Waals surface area contributed by atoms with Gasteiger partial charge in [-0.25, -0.2) is 12.7 Å². The number of phenolic OH excluding ortho intramolecular Hbond substituents is 1. The number of hydrogen-bond donors (Lipinski definition) is 3. The summed E-state index contributed by atoms with van der Waals surface area (Å²) in [6, 6.07) is 11.9. The van der Waals surface area contributed by atoms with Gasteiger partial charge < -0.3 is 20.5 Å². The Hall–Kier alpha value is -4.45. The lowest BCUT2D eigenvalue weighted by atomic mass is 9.97. The lowest BCUT2D eigenvalue weighted by Crippen LogP contribution is -2.42. The van der Waals surface area contributed by atoms with Crippen LogP contribution in [0.15, 0.2) is 65.8 Å². The third-order valence-corrected chi connectivity index (χ3v) is 8.11. The summed E-state index contributed by atoms with van der Waals surface area (Å²) in [6.45, 7) is 1.05. The van der Waals surface area contributed by atoms with E-state index in [1.165, 1.54) is 43.5 Å². The summed E-state index contributed by atoms with van der Waals surface area (Å²) in [5.41, 5.74) is 1.90. The summed E-state index contributed by atoms with van der Waals surface area (Å²) in [6.07, 6.45) is 3.23. The molecule has 39 heavy (non-hydrogen) atoms. The standard InChI is InChI=1S/C27H28N4O7S/c1-17-5-7-22(12-23(17)26(34)30-14-18-4-3-9-28-13-18)39(36,37)31-16-25(33)29-15-20(27(31)35)10-19-11-21(32)6-8-24(19)38-2/h3-9,11-13,20,32H,10,14-16H2,1-2H3,(H,29,33)(H,30,34). The van der Waals surface area contributed by atoms with E-state index in [4.69, 9.17) is 4.74 Å². The maximum absolute atomic E-state index is 13.7. The summed E-state index contributed by atoms with van der Waals surface area (Å²) in [7, 11) is -3.07. The molecule has 0 saturated carbocycles. The van der Waals surface area contributed by atoms with Crippen LogP contribution in [0.3, 0.4) is 0 Å². The fourth-order valence-electron chi connectivity index (χ4n) is 4.26. The molecule has 2 aromatic carbocycles. The third-order valence-electron chi connectivity index (χ3n) is 6.38. The van der Waals surface area contributed by atoms with E-state index in [0.29, 0.717) is 21.2 Å². The van der Waals surface area contributed by atoms with Gasteiger partial charge >= 0.3 is 0 Å². The summed E-state index contributed by atoms with van der Waals surface area (Å²) in [4.78, 5) is 42.6. The van der Waals surface area contributed by atoms with Crippen LogP contribution in [-0.4, -0.2) is 60.7 Å². The van der Waals surface area contributed by atoms with E-state index < -0.39 is 40.2 Å². The predicted molar refractivity (Wildman–Crippen MR) is 140 cm³/mol. The van der Waals surface area contributed by atoms with E-state index in [-0.39, 0.29) is 35.7 Å². The number of sulfonamides is 1. The fraction of sp³-hybridized carbons (Fsp3) is 0.259. The number of nitrogens with zero attached hydrogens (tertiary/aromatic N) is 2. The number of nitrogens with one attached hydrogen (secondary N) is 2. The van der Waals surface area contributed by atoms with E-state index in [1.54, 1.807) is 31.5 Å². The first kappa shape index (κ1) is 27.6. The number of aromatic hydroxyl groups is 1. The second kappa shape index (κ2) is 11.5. The van der Waals surface area contributed by atoms with Crippen LogP contribution in [0.5, 0.6) is 11.5 Å². The van der Waals surface area contributed by atoms with E-state index in [1.807, 2.05) is 0 Å². The fourth-order valence-corrected chi connectivity index (χ4v) is 5.69. The van der Waals surface area contributed by atoms with Crippen LogP contribution in [-0.2, 0) is 32.6 Å². The normalized spacial score (nSPS) is 15.8. The molecule has 1 atom stereocenters. The number of carbonyl (C=O) groups is 3. The Morgan fingerprint density at radius 1 is 1.21 bits per heavy atom. The molecule has 0 bridgehead atoms. The highest BCUT2D eigenvalue weighted by molar-refractivity contribution is 7.89. The molecule has 4 rings (SSSR count). The molecule has 0 aliphatic carbocycles. The number of hydrogen-bond acceptors (Lipinski definition) is 8.